The summed E-state index contributed by atoms with van der Waals surface area (Å²) in [5.74, 6) is 6.89. The number of ether oxygens (including phenoxy) is 1. The van der Waals surface area contributed by atoms with E-state index in [0.29, 0.717) is 47.4 Å². The Balaban J connectivity index is 2.21. The van der Waals surface area contributed by atoms with Crippen LogP contribution in [0, 0.1) is 5.92 Å². The zero-order valence-electron chi connectivity index (χ0n) is 18.8. The third-order valence-electron chi connectivity index (χ3n) is 5.60. The molecule has 6 N–H and O–H groups in total. The summed E-state index contributed by atoms with van der Waals surface area (Å²) in [4.78, 5) is 19.5. The Kier molecular flexibility index (Phi) is 8.97. The Hall–Kier alpha value is -2.49. The summed E-state index contributed by atoms with van der Waals surface area (Å²) in [6.07, 6.45) is 2.25. The van der Waals surface area contributed by atoms with Crippen molar-refractivity contribution in [3.8, 4) is 5.75 Å². The highest BCUT2D eigenvalue weighted by Crippen LogP contribution is 2.36. The number of nitrogens with zero attached hydrogens (tertiary/aromatic N) is 2. The summed E-state index contributed by atoms with van der Waals surface area (Å²) < 4.78 is 5.48. The van der Waals surface area contributed by atoms with E-state index < -0.39 is 0 Å². The number of carbonyl (C=O) groups excluding carboxylic acids is 1. The van der Waals surface area contributed by atoms with E-state index in [1.54, 1.807) is 25.1 Å². The van der Waals surface area contributed by atoms with Crippen LogP contribution in [0.5, 0.6) is 5.75 Å². The first-order chi connectivity index (χ1) is 14.8. The second-order valence-electron chi connectivity index (χ2n) is 7.64. The second-order valence-corrected chi connectivity index (χ2v) is 8.12. The van der Waals surface area contributed by atoms with Gasteiger partial charge in [0, 0.05) is 49.6 Å². The summed E-state index contributed by atoms with van der Waals surface area (Å²) in [5.41, 5.74) is 12.6. The average molecular weight is 447 g/mol. The Morgan fingerprint density at radius 2 is 2.13 bits per heavy atom. The number of hydrogen-bond acceptors (Lipinski definition) is 7. The van der Waals surface area contributed by atoms with E-state index in [4.69, 9.17) is 16.3 Å². The van der Waals surface area contributed by atoms with Gasteiger partial charge >= 0.3 is 0 Å². The number of hydrogen-bond donors (Lipinski definition) is 5. The van der Waals surface area contributed by atoms with Gasteiger partial charge in [0.1, 0.15) is 11.6 Å². The molecule has 0 heterocycles. The predicted molar refractivity (Wildman–Crippen MR) is 131 cm³/mol. The minimum atomic E-state index is -0.0220. The van der Waals surface area contributed by atoms with Crippen molar-refractivity contribution in [3.05, 3.63) is 35.4 Å². The lowest BCUT2D eigenvalue weighted by atomic mass is 9.81. The van der Waals surface area contributed by atoms with Crippen molar-refractivity contribution in [1.82, 2.24) is 4.90 Å². The fourth-order valence-electron chi connectivity index (χ4n) is 3.85. The number of nitrogens with one attached hydrogen (secondary N) is 2. The number of hydrazine groups is 1. The van der Waals surface area contributed by atoms with Crippen molar-refractivity contribution < 1.29 is 9.53 Å². The van der Waals surface area contributed by atoms with E-state index in [-0.39, 0.29) is 11.8 Å². The monoisotopic (exact) mass is 446 g/mol. The Bertz CT molecular complexity index is 896. The molecule has 8 nitrogen and oxygen atoms in total. The fourth-order valence-corrected chi connectivity index (χ4v) is 4.11. The van der Waals surface area contributed by atoms with Crippen LogP contribution in [0.2, 0.25) is 0 Å². The van der Waals surface area contributed by atoms with E-state index in [9.17, 15) is 4.79 Å². The quantitative estimate of drug-likeness (QED) is 0.138. The zero-order valence-corrected chi connectivity index (χ0v) is 19.7. The van der Waals surface area contributed by atoms with E-state index >= 15 is 0 Å². The van der Waals surface area contributed by atoms with Crippen LogP contribution in [0.1, 0.15) is 26.2 Å². The number of allylic oxidation sites excluding steroid dienone is 1. The van der Waals surface area contributed by atoms with Crippen molar-refractivity contribution in [2.45, 2.75) is 31.1 Å². The highest BCUT2D eigenvalue weighted by atomic mass is 32.1. The highest BCUT2D eigenvalue weighted by Gasteiger charge is 2.28. The lowest BCUT2D eigenvalue weighted by Crippen LogP contribution is -2.37. The van der Waals surface area contributed by atoms with Crippen molar-refractivity contribution in [2.75, 3.05) is 45.0 Å². The molecule has 0 radical (unpaired) electrons. The molecule has 1 aliphatic carbocycles. The van der Waals surface area contributed by atoms with Gasteiger partial charge in [0.2, 0.25) is 5.91 Å². The maximum absolute atomic E-state index is 12.7. The Morgan fingerprint density at radius 3 is 2.68 bits per heavy atom. The number of rotatable bonds is 8. The van der Waals surface area contributed by atoms with E-state index in [1.165, 1.54) is 0 Å². The molecule has 1 aromatic carbocycles. The number of amidine groups is 1. The van der Waals surface area contributed by atoms with Gasteiger partial charge in [-0.2, -0.15) is 0 Å². The van der Waals surface area contributed by atoms with Gasteiger partial charge in [-0.1, -0.05) is 12.2 Å². The number of benzene rings is 1. The summed E-state index contributed by atoms with van der Waals surface area (Å²) in [5, 5.41) is 3.31. The van der Waals surface area contributed by atoms with Crippen LogP contribution >= 0.6 is 12.6 Å². The minimum absolute atomic E-state index is 0.0220. The molecule has 2 rings (SSSR count). The number of aliphatic imine (C=N–C) groups is 1. The molecule has 9 heteroatoms. The first kappa shape index (κ1) is 24.8. The summed E-state index contributed by atoms with van der Waals surface area (Å²) in [6, 6.07) is 3.58. The van der Waals surface area contributed by atoms with Gasteiger partial charge in [-0.25, -0.2) is 0 Å². The van der Waals surface area contributed by atoms with E-state index in [1.807, 2.05) is 13.1 Å². The van der Waals surface area contributed by atoms with Gasteiger partial charge < -0.3 is 26.1 Å². The number of amides is 1. The van der Waals surface area contributed by atoms with Crippen LogP contribution < -0.4 is 27.1 Å². The molecule has 0 aromatic heterocycles. The topological polar surface area (TPSA) is 118 Å². The van der Waals surface area contributed by atoms with Crippen LogP contribution in [-0.4, -0.2) is 50.9 Å². The van der Waals surface area contributed by atoms with Crippen molar-refractivity contribution in [1.29, 1.82) is 0 Å². The van der Waals surface area contributed by atoms with Gasteiger partial charge in [0.15, 0.2) is 0 Å². The minimum Gasteiger partial charge on any atom is -0.494 e. The average Bonchev–Trinajstić information content (AvgIpc) is 2.76. The zero-order chi connectivity index (χ0) is 23.1. The first-order valence-corrected chi connectivity index (χ1v) is 10.7. The molecule has 170 valence electrons. The summed E-state index contributed by atoms with van der Waals surface area (Å²) in [6.45, 7) is 7.38. The summed E-state index contributed by atoms with van der Waals surface area (Å²) in [7, 11) is 5.11. The second kappa shape index (κ2) is 11.2. The number of carbonyl (C=O) groups is 1. The number of likely N-dealkylation sites (N-methyl/N-ethyl adjacent to an activating group) is 1. The molecule has 1 aliphatic rings. The van der Waals surface area contributed by atoms with Gasteiger partial charge in [-0.05, 0) is 37.8 Å². The lowest BCUT2D eigenvalue weighted by molar-refractivity contribution is -0.134. The Labute approximate surface area is 190 Å². The molecule has 0 aliphatic heterocycles. The largest absolute Gasteiger partial charge is 0.494 e. The smallest absolute Gasteiger partial charge is 0.225 e. The molecule has 0 fully saturated rings. The molecule has 1 unspecified atom stereocenters. The molecule has 31 heavy (non-hydrogen) atoms. The third kappa shape index (κ3) is 5.81. The van der Waals surface area contributed by atoms with Crippen LogP contribution in [-0.2, 0) is 4.79 Å². The van der Waals surface area contributed by atoms with Crippen molar-refractivity contribution in [3.63, 3.8) is 0 Å². The van der Waals surface area contributed by atoms with Crippen LogP contribution in [0.25, 0.3) is 0 Å². The van der Waals surface area contributed by atoms with Gasteiger partial charge in [-0.3, -0.25) is 15.6 Å². The fraction of sp³-hybridized carbons (Fsp3) is 0.455. The predicted octanol–water partition coefficient (Wildman–Crippen LogP) is 2.80. The standard InChI is InChI=1S/C22H34N6O2S/c1-13-10-15(22(29)28(4)9-8-23)6-7-16(13)14(2)21(25-3)26-17-12-20(31)18(27-24)11-19(17)30-5/h11-12,15,27,31H,2,6-10,23-24H2,1,3-5H3,(H,25,26). The SMILES string of the molecule is C=C(C(=NC)Nc1cc(S)c(NN)cc1OC)C1=C(C)CC(C(=O)N(C)CCN)CC1. The van der Waals surface area contributed by atoms with Crippen molar-refractivity contribution in [2.24, 2.45) is 22.5 Å². The van der Waals surface area contributed by atoms with Crippen molar-refractivity contribution >= 4 is 35.7 Å². The molecule has 0 saturated heterocycles. The van der Waals surface area contributed by atoms with Crippen LogP contribution in [0.4, 0.5) is 11.4 Å². The van der Waals surface area contributed by atoms with Gasteiger partial charge in [0.25, 0.3) is 0 Å². The lowest BCUT2D eigenvalue weighted by Gasteiger charge is -2.29. The number of nitrogen functional groups attached to an aromatic ring is 1. The molecule has 1 amide bonds. The number of anilines is 2. The van der Waals surface area contributed by atoms with Gasteiger partial charge in [0.05, 0.1) is 18.5 Å². The molecule has 1 aromatic rings. The van der Waals surface area contributed by atoms with E-state index in [2.05, 4.69) is 41.9 Å². The molecule has 0 spiro atoms. The third-order valence-corrected chi connectivity index (χ3v) is 5.97. The molecular formula is C22H34N6O2S. The van der Waals surface area contributed by atoms with E-state index in [0.717, 1.165) is 29.6 Å². The van der Waals surface area contributed by atoms with Gasteiger partial charge in [-0.15, -0.1) is 12.6 Å². The number of methoxy groups -OCH3 is 1. The van der Waals surface area contributed by atoms with Crippen LogP contribution in [0.3, 0.4) is 0 Å². The number of nitrogens with two attached hydrogens (primary N) is 2. The van der Waals surface area contributed by atoms with Crippen LogP contribution in [0.15, 0.2) is 45.3 Å². The molecular weight excluding hydrogens is 412 g/mol. The first-order valence-electron chi connectivity index (χ1n) is 10.2. The maximum Gasteiger partial charge on any atom is 0.225 e. The highest BCUT2D eigenvalue weighted by molar-refractivity contribution is 7.80. The molecule has 1 atom stereocenters. The number of thiol groups is 1. The normalized spacial score (nSPS) is 16.7. The molecule has 0 bridgehead atoms. The maximum atomic E-state index is 12.7. The Morgan fingerprint density at radius 1 is 1.42 bits per heavy atom. The summed E-state index contributed by atoms with van der Waals surface area (Å²) >= 11 is 4.46. The molecule has 0 saturated carbocycles.